The zero-order valence-electron chi connectivity index (χ0n) is 17.0. The van der Waals surface area contributed by atoms with Crippen molar-refractivity contribution in [3.05, 3.63) is 90.0 Å². The van der Waals surface area contributed by atoms with Gasteiger partial charge >= 0.3 is 0 Å². The number of aryl methyl sites for hydroxylation is 1. The van der Waals surface area contributed by atoms with Gasteiger partial charge in [-0.15, -0.1) is 0 Å². The van der Waals surface area contributed by atoms with Gasteiger partial charge in [0.2, 0.25) is 5.91 Å². The Labute approximate surface area is 180 Å². The summed E-state index contributed by atoms with van der Waals surface area (Å²) in [5.74, 6) is -1.43. The molecular weight excluding hydrogens is 392 g/mol. The Kier molecular flexibility index (Phi) is 4.71. The maximum Gasteiger partial charge on any atom is 0.266 e. The van der Waals surface area contributed by atoms with Crippen LogP contribution in [0.15, 0.2) is 78.9 Å². The van der Waals surface area contributed by atoms with Gasteiger partial charge < -0.3 is 5.11 Å². The van der Waals surface area contributed by atoms with Gasteiger partial charge in [-0.25, -0.2) is 9.96 Å². The molecule has 0 aromatic heterocycles. The van der Waals surface area contributed by atoms with Crippen molar-refractivity contribution in [1.82, 2.24) is 0 Å². The number of benzene rings is 3. The number of phenols is 1. The molecule has 2 fully saturated rings. The molecule has 3 aromatic carbocycles. The second-order valence-electron chi connectivity index (χ2n) is 7.75. The molecule has 0 bridgehead atoms. The number of nitrogens with zero attached hydrogens (tertiary/aromatic N) is 2. The summed E-state index contributed by atoms with van der Waals surface area (Å²) in [4.78, 5) is 34.1. The first-order valence-electron chi connectivity index (χ1n) is 10.4. The Morgan fingerprint density at radius 2 is 1.52 bits per heavy atom. The number of phenolic OH excluding ortho intramolecular Hbond substituents is 1. The highest BCUT2D eigenvalue weighted by Crippen LogP contribution is 2.49. The Morgan fingerprint density at radius 1 is 0.839 bits per heavy atom. The first-order valence-corrected chi connectivity index (χ1v) is 10.4. The largest absolute Gasteiger partial charge is 0.508 e. The molecule has 2 saturated heterocycles. The number of rotatable bonds is 4. The number of aromatic hydroxyl groups is 1. The Hall–Kier alpha value is -3.64. The van der Waals surface area contributed by atoms with Gasteiger partial charge in [0, 0.05) is 5.56 Å². The summed E-state index contributed by atoms with van der Waals surface area (Å²) in [7, 11) is 0. The fraction of sp³-hybridized carbons (Fsp3) is 0.200. The van der Waals surface area contributed by atoms with E-state index in [4.69, 9.17) is 4.84 Å². The minimum atomic E-state index is -0.955. The van der Waals surface area contributed by atoms with Crippen LogP contribution in [0.3, 0.4) is 0 Å². The van der Waals surface area contributed by atoms with Gasteiger partial charge in [0.1, 0.15) is 11.7 Å². The molecule has 3 atom stereocenters. The fourth-order valence-electron chi connectivity index (χ4n) is 4.40. The van der Waals surface area contributed by atoms with Crippen LogP contribution in [0.4, 0.5) is 11.4 Å². The molecule has 2 amide bonds. The van der Waals surface area contributed by atoms with Crippen LogP contribution < -0.4 is 9.96 Å². The van der Waals surface area contributed by atoms with Crippen LogP contribution in [-0.4, -0.2) is 23.0 Å². The maximum atomic E-state index is 13.5. The molecule has 0 spiro atoms. The molecule has 31 heavy (non-hydrogen) atoms. The predicted octanol–water partition coefficient (Wildman–Crippen LogP) is 4.01. The van der Waals surface area contributed by atoms with E-state index in [0.717, 1.165) is 12.0 Å². The van der Waals surface area contributed by atoms with Crippen molar-refractivity contribution in [2.75, 3.05) is 9.96 Å². The number of carbonyl (C=O) groups is 2. The highest BCUT2D eigenvalue weighted by molar-refractivity contribution is 6.23. The van der Waals surface area contributed by atoms with Crippen molar-refractivity contribution in [3.8, 4) is 5.75 Å². The number of hydrogen-bond donors (Lipinski definition) is 1. The standard InChI is InChI=1S/C25H22N2O4/c1-2-16-12-14-17(15-13-16)26-24(29)21-22(19-10-6-7-11-20(19)28)27(31-23(21)25(26)30)18-8-4-3-5-9-18/h3-15,21-23,28H,2H2,1H3/t21-,22-,23+/m1/s1. The molecule has 6 nitrogen and oxygen atoms in total. The lowest BCUT2D eigenvalue weighted by Crippen LogP contribution is -2.37. The van der Waals surface area contributed by atoms with Crippen LogP contribution in [0.25, 0.3) is 0 Å². The summed E-state index contributed by atoms with van der Waals surface area (Å²) in [6.45, 7) is 2.05. The Morgan fingerprint density at radius 3 is 2.19 bits per heavy atom. The lowest BCUT2D eigenvalue weighted by molar-refractivity contribution is -0.126. The molecule has 2 aliphatic rings. The van der Waals surface area contributed by atoms with Crippen LogP contribution in [0.5, 0.6) is 5.75 Å². The van der Waals surface area contributed by atoms with Gasteiger partial charge in [0.25, 0.3) is 5.91 Å². The Balaban J connectivity index is 1.58. The van der Waals surface area contributed by atoms with E-state index in [1.54, 1.807) is 41.5 Å². The fourth-order valence-corrected chi connectivity index (χ4v) is 4.40. The van der Waals surface area contributed by atoms with Gasteiger partial charge in [-0.3, -0.25) is 14.4 Å². The molecule has 0 aliphatic carbocycles. The van der Waals surface area contributed by atoms with Gasteiger partial charge in [0.15, 0.2) is 6.10 Å². The van der Waals surface area contributed by atoms with E-state index in [1.165, 1.54) is 4.90 Å². The molecule has 1 N–H and O–H groups in total. The molecule has 5 rings (SSSR count). The van der Waals surface area contributed by atoms with Gasteiger partial charge in [-0.1, -0.05) is 55.5 Å². The third-order valence-corrected chi connectivity index (χ3v) is 5.98. The van der Waals surface area contributed by atoms with Crippen molar-refractivity contribution >= 4 is 23.2 Å². The zero-order chi connectivity index (χ0) is 21.5. The van der Waals surface area contributed by atoms with E-state index in [-0.39, 0.29) is 11.7 Å². The SMILES string of the molecule is CCc1ccc(N2C(=O)[C@H]3[C@H](ON(c4ccccc4)[C@@H]3c3ccccc3O)C2=O)cc1. The number of carbonyl (C=O) groups excluding carboxylic acids is 2. The topological polar surface area (TPSA) is 70.1 Å². The summed E-state index contributed by atoms with van der Waals surface area (Å²) in [6.07, 6.45) is -0.0825. The van der Waals surface area contributed by atoms with E-state index in [1.807, 2.05) is 42.5 Å². The highest BCUT2D eigenvalue weighted by atomic mass is 16.7. The van der Waals surface area contributed by atoms with Crippen LogP contribution >= 0.6 is 0 Å². The highest BCUT2D eigenvalue weighted by Gasteiger charge is 2.60. The molecule has 3 aromatic rings. The zero-order valence-corrected chi connectivity index (χ0v) is 17.0. The van der Waals surface area contributed by atoms with Crippen molar-refractivity contribution in [3.63, 3.8) is 0 Å². The monoisotopic (exact) mass is 414 g/mol. The van der Waals surface area contributed by atoms with E-state index in [9.17, 15) is 14.7 Å². The number of hydroxylamine groups is 1. The van der Waals surface area contributed by atoms with Crippen molar-refractivity contribution in [2.24, 2.45) is 5.92 Å². The van der Waals surface area contributed by atoms with E-state index >= 15 is 0 Å². The van der Waals surface area contributed by atoms with Crippen molar-refractivity contribution in [1.29, 1.82) is 0 Å². The molecule has 156 valence electrons. The minimum absolute atomic E-state index is 0.0590. The number of imide groups is 1. The molecular formula is C25H22N2O4. The molecule has 2 heterocycles. The van der Waals surface area contributed by atoms with Gasteiger partial charge in [0.05, 0.1) is 17.4 Å². The number of anilines is 2. The summed E-state index contributed by atoms with van der Waals surface area (Å²) in [6, 6.07) is 23.0. The van der Waals surface area contributed by atoms with Crippen LogP contribution in [-0.2, 0) is 20.8 Å². The maximum absolute atomic E-state index is 13.5. The molecule has 0 saturated carbocycles. The van der Waals surface area contributed by atoms with E-state index in [0.29, 0.717) is 16.9 Å². The van der Waals surface area contributed by atoms with Gasteiger partial charge in [-0.05, 0) is 42.3 Å². The minimum Gasteiger partial charge on any atom is -0.508 e. The number of para-hydroxylation sites is 2. The number of hydrogen-bond acceptors (Lipinski definition) is 5. The van der Waals surface area contributed by atoms with Crippen molar-refractivity contribution < 1.29 is 19.5 Å². The second kappa shape index (κ2) is 7.56. The lowest BCUT2D eigenvalue weighted by Gasteiger charge is -2.29. The van der Waals surface area contributed by atoms with E-state index < -0.39 is 24.0 Å². The lowest BCUT2D eigenvalue weighted by atomic mass is 9.90. The van der Waals surface area contributed by atoms with E-state index in [2.05, 4.69) is 6.92 Å². The molecule has 2 aliphatic heterocycles. The summed E-state index contributed by atoms with van der Waals surface area (Å²) in [5.41, 5.74) is 2.92. The first kappa shape index (κ1) is 19.3. The molecule has 0 unspecified atom stereocenters. The molecule has 6 heteroatoms. The number of fused-ring (bicyclic) bond motifs is 1. The van der Waals surface area contributed by atoms with Gasteiger partial charge in [-0.2, -0.15) is 0 Å². The average Bonchev–Trinajstić information content (AvgIpc) is 3.31. The third-order valence-electron chi connectivity index (χ3n) is 5.98. The average molecular weight is 414 g/mol. The first-order chi connectivity index (χ1) is 15.1. The number of amides is 2. The van der Waals surface area contributed by atoms with Crippen LogP contribution in [0.2, 0.25) is 0 Å². The summed E-state index contributed by atoms with van der Waals surface area (Å²) < 4.78 is 0. The van der Waals surface area contributed by atoms with Crippen molar-refractivity contribution in [2.45, 2.75) is 25.5 Å². The smallest absolute Gasteiger partial charge is 0.266 e. The van der Waals surface area contributed by atoms with Crippen LogP contribution in [0.1, 0.15) is 24.1 Å². The molecule has 0 radical (unpaired) electrons. The summed E-state index contributed by atoms with van der Waals surface area (Å²) in [5, 5.41) is 12.1. The Bertz CT molecular complexity index is 1130. The quantitative estimate of drug-likeness (QED) is 0.654. The van der Waals surface area contributed by atoms with Crippen LogP contribution in [0, 0.1) is 5.92 Å². The third kappa shape index (κ3) is 3.07. The second-order valence-corrected chi connectivity index (χ2v) is 7.75. The summed E-state index contributed by atoms with van der Waals surface area (Å²) >= 11 is 0. The predicted molar refractivity (Wildman–Crippen MR) is 116 cm³/mol. The normalized spacial score (nSPS) is 22.8.